The van der Waals surface area contributed by atoms with Crippen LogP contribution < -0.4 is 4.74 Å². The molecule has 142 valence electrons. The molecule has 1 aromatic heterocycles. The van der Waals surface area contributed by atoms with E-state index in [4.69, 9.17) is 4.74 Å². The van der Waals surface area contributed by atoms with E-state index in [0.29, 0.717) is 22.2 Å². The molecule has 6 nitrogen and oxygen atoms in total. The average Bonchev–Trinajstić information content (AvgIpc) is 2.74. The van der Waals surface area contributed by atoms with Gasteiger partial charge in [-0.2, -0.15) is 0 Å². The molecular weight excluding hydrogens is 368 g/mol. The third-order valence-electron chi connectivity index (χ3n) is 4.54. The van der Waals surface area contributed by atoms with Crippen LogP contribution in [0.25, 0.3) is 22.2 Å². The molecule has 0 unspecified atom stereocenters. The number of rotatable bonds is 4. The first-order chi connectivity index (χ1) is 14.0. The molecule has 1 heterocycles. The molecule has 0 atom stereocenters. The van der Waals surface area contributed by atoms with Gasteiger partial charge in [-0.1, -0.05) is 48.0 Å². The zero-order valence-corrected chi connectivity index (χ0v) is 15.5. The van der Waals surface area contributed by atoms with E-state index in [0.717, 1.165) is 11.1 Å². The van der Waals surface area contributed by atoms with Crippen molar-refractivity contribution in [3.8, 4) is 17.0 Å². The van der Waals surface area contributed by atoms with Crippen LogP contribution in [0.4, 0.5) is 5.69 Å². The SMILES string of the molecule is Cc1ccc(-c2cc(C(=O)Oc3ccc([N+](=O)[O-])cc3)c3ccccc3n2)cc1. The van der Waals surface area contributed by atoms with E-state index in [-0.39, 0.29) is 11.4 Å². The highest BCUT2D eigenvalue weighted by molar-refractivity contribution is 6.05. The summed E-state index contributed by atoms with van der Waals surface area (Å²) in [6, 6.07) is 22.3. The molecule has 4 aromatic rings. The molecule has 0 N–H and O–H groups in total. The van der Waals surface area contributed by atoms with Gasteiger partial charge >= 0.3 is 5.97 Å². The smallest absolute Gasteiger partial charge is 0.344 e. The topological polar surface area (TPSA) is 82.3 Å². The minimum Gasteiger partial charge on any atom is -0.423 e. The van der Waals surface area contributed by atoms with Crippen molar-refractivity contribution >= 4 is 22.6 Å². The Morgan fingerprint density at radius 3 is 2.34 bits per heavy atom. The molecule has 0 amide bonds. The maximum Gasteiger partial charge on any atom is 0.344 e. The number of pyridine rings is 1. The predicted octanol–water partition coefficient (Wildman–Crippen LogP) is 5.34. The monoisotopic (exact) mass is 384 g/mol. The Kier molecular flexibility index (Phi) is 4.75. The van der Waals surface area contributed by atoms with Gasteiger partial charge in [0, 0.05) is 23.1 Å². The largest absolute Gasteiger partial charge is 0.423 e. The van der Waals surface area contributed by atoms with E-state index < -0.39 is 10.9 Å². The van der Waals surface area contributed by atoms with Crippen molar-refractivity contribution in [3.05, 3.63) is 100 Å². The number of hydrogen-bond acceptors (Lipinski definition) is 5. The Bertz CT molecular complexity index is 1220. The molecular formula is C23H16N2O4. The summed E-state index contributed by atoms with van der Waals surface area (Å²) in [7, 11) is 0. The lowest BCUT2D eigenvalue weighted by Crippen LogP contribution is -2.10. The number of aromatic nitrogens is 1. The lowest BCUT2D eigenvalue weighted by atomic mass is 10.0. The van der Waals surface area contributed by atoms with Gasteiger partial charge in [-0.05, 0) is 31.2 Å². The predicted molar refractivity (Wildman–Crippen MR) is 110 cm³/mol. The molecule has 0 radical (unpaired) electrons. The van der Waals surface area contributed by atoms with Crippen molar-refractivity contribution in [2.45, 2.75) is 6.92 Å². The molecule has 3 aromatic carbocycles. The van der Waals surface area contributed by atoms with Crippen LogP contribution in [0.5, 0.6) is 5.75 Å². The number of non-ortho nitro benzene ring substituents is 1. The summed E-state index contributed by atoms with van der Waals surface area (Å²) in [6.07, 6.45) is 0. The molecule has 0 aliphatic heterocycles. The first-order valence-electron chi connectivity index (χ1n) is 8.95. The quantitative estimate of drug-likeness (QED) is 0.205. The van der Waals surface area contributed by atoms with Crippen LogP contribution in [0.15, 0.2) is 78.9 Å². The number of fused-ring (bicyclic) bond motifs is 1. The standard InChI is InChI=1S/C23H16N2O4/c1-15-6-8-16(9-7-15)22-14-20(19-4-2-3-5-21(19)24-22)23(26)29-18-12-10-17(11-13-18)25(27)28/h2-14H,1H3. The molecule has 0 fully saturated rings. The molecule has 29 heavy (non-hydrogen) atoms. The molecule has 0 bridgehead atoms. The van der Waals surface area contributed by atoms with Gasteiger partial charge in [0.15, 0.2) is 0 Å². The maximum absolute atomic E-state index is 12.9. The fourth-order valence-electron chi connectivity index (χ4n) is 3.01. The van der Waals surface area contributed by atoms with Crippen LogP contribution >= 0.6 is 0 Å². The number of benzene rings is 3. The van der Waals surface area contributed by atoms with E-state index in [1.54, 1.807) is 6.07 Å². The third kappa shape index (κ3) is 3.82. The van der Waals surface area contributed by atoms with E-state index in [9.17, 15) is 14.9 Å². The summed E-state index contributed by atoms with van der Waals surface area (Å²) in [5.74, 6) is -0.316. The molecule has 0 spiro atoms. The summed E-state index contributed by atoms with van der Waals surface area (Å²) in [5.41, 5.74) is 3.68. The van der Waals surface area contributed by atoms with Crippen molar-refractivity contribution in [1.29, 1.82) is 0 Å². The first-order valence-corrected chi connectivity index (χ1v) is 8.95. The van der Waals surface area contributed by atoms with E-state index in [2.05, 4.69) is 4.98 Å². The second-order valence-electron chi connectivity index (χ2n) is 6.58. The van der Waals surface area contributed by atoms with E-state index >= 15 is 0 Å². The Morgan fingerprint density at radius 2 is 1.66 bits per heavy atom. The second kappa shape index (κ2) is 7.52. The molecule has 0 aliphatic carbocycles. The fourth-order valence-corrected chi connectivity index (χ4v) is 3.01. The summed E-state index contributed by atoms with van der Waals surface area (Å²) < 4.78 is 5.46. The van der Waals surface area contributed by atoms with Crippen LogP contribution in [0.1, 0.15) is 15.9 Å². The van der Waals surface area contributed by atoms with Crippen LogP contribution in [0, 0.1) is 17.0 Å². The van der Waals surface area contributed by atoms with Gasteiger partial charge in [-0.25, -0.2) is 9.78 Å². The van der Waals surface area contributed by atoms with Crippen LogP contribution in [-0.4, -0.2) is 15.9 Å². The van der Waals surface area contributed by atoms with Gasteiger partial charge in [0.1, 0.15) is 5.75 Å². The summed E-state index contributed by atoms with van der Waals surface area (Å²) in [6.45, 7) is 2.00. The normalized spacial score (nSPS) is 10.7. The highest BCUT2D eigenvalue weighted by Crippen LogP contribution is 2.27. The Morgan fingerprint density at radius 1 is 0.966 bits per heavy atom. The minimum absolute atomic E-state index is 0.0687. The number of carbonyl (C=O) groups is 1. The zero-order chi connectivity index (χ0) is 20.4. The van der Waals surface area contributed by atoms with Gasteiger partial charge in [0.25, 0.3) is 5.69 Å². The van der Waals surface area contributed by atoms with Gasteiger partial charge in [0.2, 0.25) is 0 Å². The fraction of sp³-hybridized carbons (Fsp3) is 0.0435. The van der Waals surface area contributed by atoms with Crippen molar-refractivity contribution in [1.82, 2.24) is 4.98 Å². The van der Waals surface area contributed by atoms with E-state index in [1.165, 1.54) is 24.3 Å². The summed E-state index contributed by atoms with van der Waals surface area (Å²) in [4.78, 5) is 27.9. The number of nitro groups is 1. The number of aryl methyl sites for hydroxylation is 1. The van der Waals surface area contributed by atoms with Gasteiger partial charge in [-0.3, -0.25) is 10.1 Å². The minimum atomic E-state index is -0.550. The van der Waals surface area contributed by atoms with Crippen LogP contribution in [0.3, 0.4) is 0 Å². The lowest BCUT2D eigenvalue weighted by molar-refractivity contribution is -0.384. The lowest BCUT2D eigenvalue weighted by Gasteiger charge is -2.10. The van der Waals surface area contributed by atoms with Crippen molar-refractivity contribution < 1.29 is 14.5 Å². The number of carbonyl (C=O) groups excluding carboxylic acids is 1. The molecule has 0 saturated heterocycles. The van der Waals surface area contributed by atoms with Crippen LogP contribution in [0.2, 0.25) is 0 Å². The molecule has 6 heteroatoms. The second-order valence-corrected chi connectivity index (χ2v) is 6.58. The average molecular weight is 384 g/mol. The van der Waals surface area contributed by atoms with Crippen molar-refractivity contribution in [2.24, 2.45) is 0 Å². The van der Waals surface area contributed by atoms with Crippen LogP contribution in [-0.2, 0) is 0 Å². The molecule has 0 aliphatic rings. The Balaban J connectivity index is 1.74. The summed E-state index contributed by atoms with van der Waals surface area (Å²) >= 11 is 0. The molecule has 0 saturated carbocycles. The van der Waals surface area contributed by atoms with E-state index in [1.807, 2.05) is 55.5 Å². The van der Waals surface area contributed by atoms with Crippen molar-refractivity contribution in [2.75, 3.05) is 0 Å². The zero-order valence-electron chi connectivity index (χ0n) is 15.5. The van der Waals surface area contributed by atoms with Crippen molar-refractivity contribution in [3.63, 3.8) is 0 Å². The third-order valence-corrected chi connectivity index (χ3v) is 4.54. The number of hydrogen-bond donors (Lipinski definition) is 0. The highest BCUT2D eigenvalue weighted by atomic mass is 16.6. The number of esters is 1. The summed E-state index contributed by atoms with van der Waals surface area (Å²) in [5, 5.41) is 11.5. The number of nitrogens with zero attached hydrogens (tertiary/aromatic N) is 2. The number of nitro benzene ring substituents is 1. The number of ether oxygens (including phenoxy) is 1. The first kappa shape index (κ1) is 18.3. The highest BCUT2D eigenvalue weighted by Gasteiger charge is 2.16. The maximum atomic E-state index is 12.9. The Hall–Kier alpha value is -4.06. The Labute approximate surface area is 166 Å². The molecule has 4 rings (SSSR count). The van der Waals surface area contributed by atoms with Gasteiger partial charge in [-0.15, -0.1) is 0 Å². The van der Waals surface area contributed by atoms with Gasteiger partial charge in [0.05, 0.1) is 21.7 Å². The number of para-hydroxylation sites is 1. The van der Waals surface area contributed by atoms with Gasteiger partial charge < -0.3 is 4.74 Å².